The van der Waals surface area contributed by atoms with Crippen molar-refractivity contribution in [2.24, 2.45) is 0 Å². The number of hydrogen-bond donors (Lipinski definition) is 0. The lowest BCUT2D eigenvalue weighted by Crippen LogP contribution is -1.88. The molecule has 0 unspecified atom stereocenters. The topological polar surface area (TPSA) is 64.7 Å². The van der Waals surface area contributed by atoms with Crippen molar-refractivity contribution in [2.45, 2.75) is 19.8 Å². The molecule has 0 saturated carbocycles. The molecule has 0 N–H and O–H groups in total. The van der Waals surface area contributed by atoms with Crippen LogP contribution in [0.25, 0.3) is 21.3 Å². The molecule has 5 nitrogen and oxygen atoms in total. The summed E-state index contributed by atoms with van der Waals surface area (Å²) in [6, 6.07) is 15.4. The summed E-state index contributed by atoms with van der Waals surface area (Å²) in [6.45, 7) is 1.96. The van der Waals surface area contributed by atoms with Crippen LogP contribution in [0.1, 0.15) is 27.8 Å². The maximum Gasteiger partial charge on any atom is 0.259 e. The highest BCUT2D eigenvalue weighted by atomic mass is 35.5. The second-order valence-corrected chi connectivity index (χ2v) is 9.97. The van der Waals surface area contributed by atoms with Crippen LogP contribution in [0.3, 0.4) is 0 Å². The Labute approximate surface area is 202 Å². The Morgan fingerprint density at radius 2 is 1.59 bits per heavy atom. The van der Waals surface area contributed by atoms with Crippen molar-refractivity contribution < 1.29 is 4.42 Å². The second kappa shape index (κ2) is 9.11. The number of benzene rings is 2. The molecule has 0 aliphatic carbocycles. The van der Waals surface area contributed by atoms with Gasteiger partial charge in [0.2, 0.25) is 5.89 Å². The molecule has 3 heterocycles. The minimum absolute atomic E-state index is 0.479. The van der Waals surface area contributed by atoms with Gasteiger partial charge in [-0.3, -0.25) is 0 Å². The zero-order chi connectivity index (χ0) is 22.1. The highest BCUT2D eigenvalue weighted by molar-refractivity contribution is 7.15. The van der Waals surface area contributed by atoms with Gasteiger partial charge in [0.25, 0.3) is 5.89 Å². The van der Waals surface area contributed by atoms with E-state index < -0.39 is 0 Å². The first-order valence-electron chi connectivity index (χ1n) is 9.77. The van der Waals surface area contributed by atoms with Crippen LogP contribution in [0.2, 0.25) is 10.0 Å². The van der Waals surface area contributed by atoms with Crippen LogP contribution in [0.15, 0.2) is 58.3 Å². The zero-order valence-electron chi connectivity index (χ0n) is 16.9. The van der Waals surface area contributed by atoms with Gasteiger partial charge in [0.1, 0.15) is 9.88 Å². The molecule has 32 heavy (non-hydrogen) atoms. The zero-order valence-corrected chi connectivity index (χ0v) is 20.0. The maximum atomic E-state index is 5.97. The quantitative estimate of drug-likeness (QED) is 0.249. The summed E-state index contributed by atoms with van der Waals surface area (Å²) in [4.78, 5) is 10.3. The number of nitrogens with zero attached hydrogens (tertiary/aromatic N) is 4. The summed E-state index contributed by atoms with van der Waals surface area (Å²) in [5.74, 6) is 1.02. The summed E-state index contributed by atoms with van der Waals surface area (Å²) in [6.07, 6.45) is 1.21. The largest absolute Gasteiger partial charge is 0.419 e. The molecular formula is C23H16Cl2N4OS2. The number of aryl methyl sites for hydroxylation is 1. The van der Waals surface area contributed by atoms with Gasteiger partial charge in [0.15, 0.2) is 0 Å². The molecule has 0 atom stereocenters. The fourth-order valence-electron chi connectivity index (χ4n) is 3.19. The van der Waals surface area contributed by atoms with E-state index in [1.54, 1.807) is 22.7 Å². The molecule has 3 aromatic heterocycles. The lowest BCUT2D eigenvalue weighted by Gasteiger charge is -1.97. The van der Waals surface area contributed by atoms with E-state index in [0.29, 0.717) is 23.2 Å². The fourth-order valence-corrected chi connectivity index (χ4v) is 5.29. The predicted molar refractivity (Wildman–Crippen MR) is 130 cm³/mol. The summed E-state index contributed by atoms with van der Waals surface area (Å²) < 4.78 is 5.94. The number of aromatic nitrogens is 4. The van der Waals surface area contributed by atoms with Crippen LogP contribution in [-0.2, 0) is 12.8 Å². The van der Waals surface area contributed by atoms with Crippen LogP contribution >= 0.6 is 45.9 Å². The van der Waals surface area contributed by atoms with Crippen LogP contribution in [0.5, 0.6) is 0 Å². The first-order chi connectivity index (χ1) is 15.5. The van der Waals surface area contributed by atoms with Gasteiger partial charge in [-0.15, -0.1) is 32.9 Å². The van der Waals surface area contributed by atoms with Crippen LogP contribution in [-0.4, -0.2) is 20.2 Å². The molecule has 5 aromatic rings. The summed E-state index contributed by atoms with van der Waals surface area (Å²) in [7, 11) is 0. The summed E-state index contributed by atoms with van der Waals surface area (Å²) >= 11 is 15.1. The smallest absolute Gasteiger partial charge is 0.259 e. The molecule has 0 bridgehead atoms. The minimum atomic E-state index is 0.479. The van der Waals surface area contributed by atoms with E-state index in [4.69, 9.17) is 32.6 Å². The van der Waals surface area contributed by atoms with E-state index in [0.717, 1.165) is 48.9 Å². The highest BCUT2D eigenvalue weighted by Gasteiger charge is 2.17. The number of rotatable bonds is 6. The van der Waals surface area contributed by atoms with Gasteiger partial charge >= 0.3 is 0 Å². The fraction of sp³-hybridized carbons (Fsp3) is 0.130. The van der Waals surface area contributed by atoms with Gasteiger partial charge in [-0.25, -0.2) is 9.97 Å². The maximum absolute atomic E-state index is 5.97. The third kappa shape index (κ3) is 4.76. The van der Waals surface area contributed by atoms with Gasteiger partial charge in [-0.1, -0.05) is 47.5 Å². The molecule has 2 aromatic carbocycles. The molecule has 0 saturated heterocycles. The molecular weight excluding hydrogens is 483 g/mol. The van der Waals surface area contributed by atoms with Crippen LogP contribution in [0.4, 0.5) is 0 Å². The van der Waals surface area contributed by atoms with Crippen molar-refractivity contribution in [3.8, 4) is 21.3 Å². The molecule has 9 heteroatoms. The Bertz CT molecular complexity index is 1360. The number of halogens is 2. The van der Waals surface area contributed by atoms with Crippen LogP contribution in [0, 0.1) is 6.92 Å². The molecule has 0 spiro atoms. The van der Waals surface area contributed by atoms with Gasteiger partial charge in [0.05, 0.1) is 22.8 Å². The Hall–Kier alpha value is -2.58. The monoisotopic (exact) mass is 498 g/mol. The number of thiazole rings is 2. The van der Waals surface area contributed by atoms with E-state index in [9.17, 15) is 0 Å². The molecule has 0 radical (unpaired) electrons. The van der Waals surface area contributed by atoms with Crippen molar-refractivity contribution in [3.63, 3.8) is 0 Å². The van der Waals surface area contributed by atoms with Crippen molar-refractivity contribution in [1.29, 1.82) is 0 Å². The third-order valence-corrected chi connectivity index (χ3v) is 7.34. The average molecular weight is 499 g/mol. The van der Waals surface area contributed by atoms with E-state index in [1.807, 2.05) is 60.8 Å². The van der Waals surface area contributed by atoms with Gasteiger partial charge in [-0.2, -0.15) is 0 Å². The van der Waals surface area contributed by atoms with E-state index in [-0.39, 0.29) is 0 Å². The minimum Gasteiger partial charge on any atom is -0.419 e. The first kappa shape index (κ1) is 21.3. The molecule has 0 amide bonds. The molecule has 160 valence electrons. The Morgan fingerprint density at radius 3 is 2.34 bits per heavy atom. The Balaban J connectivity index is 1.30. The van der Waals surface area contributed by atoms with Gasteiger partial charge in [-0.05, 0) is 36.8 Å². The highest BCUT2D eigenvalue weighted by Crippen LogP contribution is 2.31. The molecule has 5 rings (SSSR count). The Morgan fingerprint density at radius 1 is 0.875 bits per heavy atom. The summed E-state index contributed by atoms with van der Waals surface area (Å²) in [5.41, 5.74) is 3.96. The normalized spacial score (nSPS) is 11.2. The first-order valence-corrected chi connectivity index (χ1v) is 12.2. The lowest BCUT2D eigenvalue weighted by atomic mass is 10.2. The standard InChI is InChI=1S/C23H16Cl2N4OS2/c1-13-21(32-20(26-13)10-14-2-6-16(24)7-3-14)22-29-28-19(30-22)11-18-12-31-23(27-18)15-4-8-17(25)9-5-15/h2-9,12H,10-11H2,1H3. The SMILES string of the molecule is Cc1nc(Cc2ccc(Cl)cc2)sc1-c1nnc(Cc2csc(-c3ccc(Cl)cc3)n2)o1. The number of hydrogen-bond acceptors (Lipinski definition) is 7. The van der Waals surface area contributed by atoms with Crippen molar-refractivity contribution >= 4 is 45.9 Å². The Kier molecular flexibility index (Phi) is 6.06. The second-order valence-electron chi connectivity index (χ2n) is 7.15. The summed E-state index contributed by atoms with van der Waals surface area (Å²) in [5, 5.41) is 13.8. The van der Waals surface area contributed by atoms with E-state index >= 15 is 0 Å². The average Bonchev–Trinajstić information content (AvgIpc) is 3.51. The predicted octanol–water partition coefficient (Wildman–Crippen LogP) is 7.11. The van der Waals surface area contributed by atoms with Crippen molar-refractivity contribution in [2.75, 3.05) is 0 Å². The lowest BCUT2D eigenvalue weighted by molar-refractivity contribution is 0.517. The molecule has 0 fully saturated rings. The van der Waals surface area contributed by atoms with Crippen molar-refractivity contribution in [3.05, 3.63) is 91.8 Å². The molecule has 0 aliphatic rings. The van der Waals surface area contributed by atoms with Crippen LogP contribution < -0.4 is 0 Å². The van der Waals surface area contributed by atoms with Crippen molar-refractivity contribution in [1.82, 2.24) is 20.2 Å². The van der Waals surface area contributed by atoms with Gasteiger partial charge < -0.3 is 4.42 Å². The van der Waals surface area contributed by atoms with E-state index in [2.05, 4.69) is 15.2 Å². The third-order valence-electron chi connectivity index (χ3n) is 4.75. The van der Waals surface area contributed by atoms with Gasteiger partial charge in [0, 0.05) is 27.4 Å². The molecule has 0 aliphatic heterocycles. The van der Waals surface area contributed by atoms with E-state index in [1.165, 1.54) is 0 Å².